The van der Waals surface area contributed by atoms with E-state index in [2.05, 4.69) is 0 Å². The largest absolute Gasteiger partial charge is 0.397 e. The summed E-state index contributed by atoms with van der Waals surface area (Å²) >= 11 is 0.739. The standard InChI is InChI=1S/C10H13F3N4O2S/c1-17(3-2-10(11,12)13)9-4(7(15)18)5(14)6(20-9)8(16)19/h2-3,14H2,1H3,(H2,15,18)(H2,16,19). The van der Waals surface area contributed by atoms with Crippen LogP contribution in [0.1, 0.15) is 26.5 Å². The summed E-state index contributed by atoms with van der Waals surface area (Å²) in [7, 11) is 1.34. The second-order valence-corrected chi connectivity index (χ2v) is 5.04. The van der Waals surface area contributed by atoms with Crippen molar-refractivity contribution >= 4 is 33.8 Å². The molecule has 6 N–H and O–H groups in total. The number of nitrogen functional groups attached to an aromatic ring is 1. The van der Waals surface area contributed by atoms with E-state index in [-0.39, 0.29) is 21.1 Å². The molecule has 0 aliphatic rings. The molecule has 0 aromatic carbocycles. The second kappa shape index (κ2) is 5.57. The fourth-order valence-corrected chi connectivity index (χ4v) is 2.58. The highest BCUT2D eigenvalue weighted by Crippen LogP contribution is 2.37. The van der Waals surface area contributed by atoms with E-state index in [1.165, 1.54) is 11.9 Å². The number of hydrogen-bond donors (Lipinski definition) is 3. The lowest BCUT2D eigenvalue weighted by Gasteiger charge is -2.19. The van der Waals surface area contributed by atoms with Gasteiger partial charge in [0.2, 0.25) is 0 Å². The molecule has 0 radical (unpaired) electrons. The lowest BCUT2D eigenvalue weighted by molar-refractivity contribution is -0.132. The average molecular weight is 310 g/mol. The minimum absolute atomic E-state index is 0.0908. The Labute approximate surface area is 116 Å². The predicted molar refractivity (Wildman–Crippen MR) is 69.7 cm³/mol. The van der Waals surface area contributed by atoms with Gasteiger partial charge in [-0.3, -0.25) is 9.59 Å². The molecule has 0 unspecified atom stereocenters. The second-order valence-electron chi connectivity index (χ2n) is 4.04. The summed E-state index contributed by atoms with van der Waals surface area (Å²) in [6.45, 7) is -0.401. The monoisotopic (exact) mass is 310 g/mol. The van der Waals surface area contributed by atoms with Crippen molar-refractivity contribution in [2.24, 2.45) is 11.5 Å². The van der Waals surface area contributed by atoms with Gasteiger partial charge in [-0.15, -0.1) is 11.3 Å². The van der Waals surface area contributed by atoms with Crippen LogP contribution in [-0.2, 0) is 0 Å². The van der Waals surface area contributed by atoms with Gasteiger partial charge in [0, 0.05) is 13.6 Å². The number of alkyl halides is 3. The SMILES string of the molecule is CN(CCC(F)(F)F)c1sc(C(N)=O)c(N)c1C(N)=O. The molecule has 1 heterocycles. The summed E-state index contributed by atoms with van der Waals surface area (Å²) in [5.41, 5.74) is 15.4. The summed E-state index contributed by atoms with van der Waals surface area (Å²) in [5.74, 6) is -1.80. The van der Waals surface area contributed by atoms with Crippen molar-refractivity contribution in [2.45, 2.75) is 12.6 Å². The number of thiophene rings is 1. The number of nitrogens with zero attached hydrogens (tertiary/aromatic N) is 1. The molecule has 0 aliphatic heterocycles. The van der Waals surface area contributed by atoms with Crippen molar-refractivity contribution in [3.8, 4) is 0 Å². The minimum Gasteiger partial charge on any atom is -0.397 e. The molecule has 0 saturated heterocycles. The van der Waals surface area contributed by atoms with Crippen LogP contribution in [-0.4, -0.2) is 31.6 Å². The lowest BCUT2D eigenvalue weighted by atomic mass is 10.2. The smallest absolute Gasteiger partial charge is 0.390 e. The number of carbonyl (C=O) groups is 2. The zero-order valence-corrected chi connectivity index (χ0v) is 11.3. The normalized spacial score (nSPS) is 11.4. The number of anilines is 2. The van der Waals surface area contributed by atoms with Crippen molar-refractivity contribution in [1.82, 2.24) is 0 Å². The van der Waals surface area contributed by atoms with Crippen molar-refractivity contribution in [2.75, 3.05) is 24.2 Å². The van der Waals surface area contributed by atoms with E-state index >= 15 is 0 Å². The first kappa shape index (κ1) is 16.1. The fraction of sp³-hybridized carbons (Fsp3) is 0.400. The van der Waals surface area contributed by atoms with Crippen LogP contribution in [0.5, 0.6) is 0 Å². The van der Waals surface area contributed by atoms with Crippen molar-refractivity contribution < 1.29 is 22.8 Å². The summed E-state index contributed by atoms with van der Waals surface area (Å²) < 4.78 is 36.6. The minimum atomic E-state index is -4.34. The number of primary amides is 2. The van der Waals surface area contributed by atoms with Crippen LogP contribution >= 0.6 is 11.3 Å². The molecular formula is C10H13F3N4O2S. The van der Waals surface area contributed by atoms with E-state index in [0.717, 1.165) is 11.3 Å². The van der Waals surface area contributed by atoms with Crippen molar-refractivity contribution in [3.05, 3.63) is 10.4 Å². The van der Waals surface area contributed by atoms with Crippen LogP contribution in [0.2, 0.25) is 0 Å². The molecule has 0 atom stereocenters. The predicted octanol–water partition coefficient (Wildman–Crippen LogP) is 0.917. The van der Waals surface area contributed by atoms with Crippen LogP contribution in [0.25, 0.3) is 0 Å². The molecule has 10 heteroatoms. The summed E-state index contributed by atoms with van der Waals surface area (Å²) in [6.07, 6.45) is -5.41. The maximum absolute atomic E-state index is 12.2. The summed E-state index contributed by atoms with van der Waals surface area (Å²) in [6, 6.07) is 0. The van der Waals surface area contributed by atoms with Gasteiger partial charge in [0.05, 0.1) is 17.7 Å². The van der Waals surface area contributed by atoms with Gasteiger partial charge in [0.15, 0.2) is 0 Å². The zero-order valence-electron chi connectivity index (χ0n) is 10.5. The molecule has 1 aromatic heterocycles. The zero-order chi connectivity index (χ0) is 15.7. The molecule has 20 heavy (non-hydrogen) atoms. The molecular weight excluding hydrogens is 297 g/mol. The van der Waals surface area contributed by atoms with Crippen molar-refractivity contribution in [1.29, 1.82) is 0 Å². The van der Waals surface area contributed by atoms with E-state index in [0.29, 0.717) is 0 Å². The molecule has 6 nitrogen and oxygen atoms in total. The van der Waals surface area contributed by atoms with Crippen LogP contribution in [0.15, 0.2) is 0 Å². The Morgan fingerprint density at radius 3 is 2.20 bits per heavy atom. The van der Waals surface area contributed by atoms with Gasteiger partial charge in [-0.2, -0.15) is 13.2 Å². The Bertz CT molecular complexity index is 541. The third kappa shape index (κ3) is 3.53. The van der Waals surface area contributed by atoms with E-state index in [9.17, 15) is 22.8 Å². The topological polar surface area (TPSA) is 115 Å². The molecule has 1 rings (SSSR count). The van der Waals surface area contributed by atoms with Gasteiger partial charge in [0.1, 0.15) is 9.88 Å². The molecule has 2 amide bonds. The van der Waals surface area contributed by atoms with Gasteiger partial charge in [-0.25, -0.2) is 0 Å². The molecule has 0 aliphatic carbocycles. The molecule has 0 spiro atoms. The quantitative estimate of drug-likeness (QED) is 0.749. The fourth-order valence-electron chi connectivity index (χ4n) is 1.52. The van der Waals surface area contributed by atoms with Crippen LogP contribution in [0.4, 0.5) is 23.9 Å². The van der Waals surface area contributed by atoms with E-state index in [1.54, 1.807) is 0 Å². The first-order valence-electron chi connectivity index (χ1n) is 5.34. The average Bonchev–Trinajstić information content (AvgIpc) is 2.62. The molecule has 0 saturated carbocycles. The van der Waals surface area contributed by atoms with Crippen LogP contribution < -0.4 is 22.1 Å². The molecule has 112 valence electrons. The van der Waals surface area contributed by atoms with Crippen LogP contribution in [0, 0.1) is 0 Å². The maximum Gasteiger partial charge on any atom is 0.390 e. The number of carbonyl (C=O) groups excluding carboxylic acids is 2. The van der Waals surface area contributed by atoms with E-state index in [1.807, 2.05) is 0 Å². The van der Waals surface area contributed by atoms with Gasteiger partial charge in [-0.05, 0) is 0 Å². The molecule has 1 aromatic rings. The molecule has 0 fully saturated rings. The van der Waals surface area contributed by atoms with E-state index in [4.69, 9.17) is 17.2 Å². The Hall–Kier alpha value is -1.97. The Morgan fingerprint density at radius 2 is 1.80 bits per heavy atom. The first-order chi connectivity index (χ1) is 9.04. The highest BCUT2D eigenvalue weighted by molar-refractivity contribution is 7.19. The first-order valence-corrected chi connectivity index (χ1v) is 6.16. The van der Waals surface area contributed by atoms with E-state index < -0.39 is 31.0 Å². The number of rotatable bonds is 5. The van der Waals surface area contributed by atoms with Gasteiger partial charge >= 0.3 is 6.18 Å². The number of nitrogens with two attached hydrogens (primary N) is 3. The highest BCUT2D eigenvalue weighted by atomic mass is 32.1. The molecule has 0 bridgehead atoms. The highest BCUT2D eigenvalue weighted by Gasteiger charge is 2.30. The summed E-state index contributed by atoms with van der Waals surface area (Å²) in [4.78, 5) is 23.5. The van der Waals surface area contributed by atoms with Crippen molar-refractivity contribution in [3.63, 3.8) is 0 Å². The maximum atomic E-state index is 12.2. The third-order valence-corrected chi connectivity index (χ3v) is 3.81. The third-order valence-electron chi connectivity index (χ3n) is 2.47. The van der Waals surface area contributed by atoms with Gasteiger partial charge in [-0.1, -0.05) is 0 Å². The number of halogens is 3. The van der Waals surface area contributed by atoms with Gasteiger partial charge in [0.25, 0.3) is 11.8 Å². The number of hydrogen-bond acceptors (Lipinski definition) is 5. The van der Waals surface area contributed by atoms with Gasteiger partial charge < -0.3 is 22.1 Å². The summed E-state index contributed by atoms with van der Waals surface area (Å²) in [5, 5.41) is 0.0908. The Morgan fingerprint density at radius 1 is 1.25 bits per heavy atom. The Kier molecular flexibility index (Phi) is 4.48. The Balaban J connectivity index is 3.13. The number of amides is 2. The van der Waals surface area contributed by atoms with Crippen LogP contribution in [0.3, 0.4) is 0 Å². The lowest BCUT2D eigenvalue weighted by Crippen LogP contribution is -2.25.